The minimum Gasteiger partial charge on any atom is -0.447 e. The van der Waals surface area contributed by atoms with Gasteiger partial charge in [0.2, 0.25) is 5.13 Å². The third kappa shape index (κ3) is 3.62. The minimum absolute atomic E-state index is 0.0830. The number of aryl methyl sites for hydroxylation is 1. The Morgan fingerprint density at radius 3 is 2.81 bits per heavy atom. The fourth-order valence-corrected chi connectivity index (χ4v) is 3.26. The van der Waals surface area contributed by atoms with Crippen LogP contribution in [0.4, 0.5) is 9.93 Å². The van der Waals surface area contributed by atoms with Crippen molar-refractivity contribution >= 4 is 22.6 Å². The Balaban J connectivity index is 1.43. The van der Waals surface area contributed by atoms with Crippen molar-refractivity contribution in [3.05, 3.63) is 5.01 Å². The lowest BCUT2D eigenvalue weighted by atomic mass is 10.2. The number of piperazine rings is 1. The summed E-state index contributed by atoms with van der Waals surface area (Å²) in [5, 5.41) is 10.1. The molecule has 1 atom stereocenters. The van der Waals surface area contributed by atoms with E-state index >= 15 is 0 Å². The van der Waals surface area contributed by atoms with Gasteiger partial charge in [0.15, 0.2) is 0 Å². The molecule has 2 fully saturated rings. The number of nitrogens with zero attached hydrogens (tertiary/aromatic N) is 4. The topological polar surface area (TPSA) is 67.8 Å². The molecule has 3 rings (SSSR count). The third-order valence-electron chi connectivity index (χ3n) is 3.74. The first-order chi connectivity index (χ1) is 10.2. The Morgan fingerprint density at radius 1 is 1.38 bits per heavy atom. The summed E-state index contributed by atoms with van der Waals surface area (Å²) in [6.45, 7) is 5.94. The highest BCUT2D eigenvalue weighted by atomic mass is 32.1. The fourth-order valence-electron chi connectivity index (χ4n) is 2.53. The van der Waals surface area contributed by atoms with Crippen molar-refractivity contribution in [2.45, 2.75) is 25.9 Å². The highest BCUT2D eigenvalue weighted by Gasteiger charge is 2.25. The van der Waals surface area contributed by atoms with E-state index in [1.807, 2.05) is 6.92 Å². The monoisotopic (exact) mass is 312 g/mol. The average molecular weight is 312 g/mol. The van der Waals surface area contributed by atoms with Crippen LogP contribution in [0.25, 0.3) is 0 Å². The number of ether oxygens (including phenoxy) is 2. The van der Waals surface area contributed by atoms with Crippen molar-refractivity contribution in [1.29, 1.82) is 0 Å². The molecule has 1 amide bonds. The molecule has 0 saturated carbocycles. The molecule has 0 N–H and O–H groups in total. The Hall–Kier alpha value is -1.41. The molecule has 1 aromatic rings. The van der Waals surface area contributed by atoms with Crippen LogP contribution in [-0.2, 0) is 9.47 Å². The van der Waals surface area contributed by atoms with Crippen LogP contribution in [0.15, 0.2) is 0 Å². The Kier molecular flexibility index (Phi) is 4.54. The van der Waals surface area contributed by atoms with Gasteiger partial charge in [-0.05, 0) is 19.8 Å². The molecule has 8 heteroatoms. The molecule has 0 aliphatic carbocycles. The van der Waals surface area contributed by atoms with Crippen LogP contribution in [0, 0.1) is 6.92 Å². The largest absolute Gasteiger partial charge is 0.447 e. The standard InChI is InChI=1S/C13H20N4O3S/c1-10-14-15-12(21-10)16-4-6-17(7-5-16)13(18)20-9-11-3-2-8-19-11/h11H,2-9H2,1H3. The SMILES string of the molecule is Cc1nnc(N2CCN(C(=O)OCC3CCCO3)CC2)s1. The van der Waals surface area contributed by atoms with E-state index < -0.39 is 0 Å². The van der Waals surface area contributed by atoms with Crippen molar-refractivity contribution in [1.82, 2.24) is 15.1 Å². The lowest BCUT2D eigenvalue weighted by molar-refractivity contribution is 0.0293. The first-order valence-corrected chi connectivity index (χ1v) is 8.12. The number of amides is 1. The van der Waals surface area contributed by atoms with Gasteiger partial charge in [-0.2, -0.15) is 0 Å². The van der Waals surface area contributed by atoms with E-state index in [0.29, 0.717) is 19.7 Å². The van der Waals surface area contributed by atoms with Gasteiger partial charge in [-0.25, -0.2) is 4.79 Å². The maximum absolute atomic E-state index is 12.0. The molecule has 2 aliphatic rings. The predicted octanol–water partition coefficient (Wildman–Crippen LogP) is 1.28. The summed E-state index contributed by atoms with van der Waals surface area (Å²) in [5.41, 5.74) is 0. The van der Waals surface area contributed by atoms with Crippen LogP contribution in [-0.4, -0.2) is 66.7 Å². The van der Waals surface area contributed by atoms with Crippen molar-refractivity contribution in [3.8, 4) is 0 Å². The summed E-state index contributed by atoms with van der Waals surface area (Å²) in [6, 6.07) is 0. The second-order valence-electron chi connectivity index (χ2n) is 5.29. The van der Waals surface area contributed by atoms with Crippen molar-refractivity contribution < 1.29 is 14.3 Å². The zero-order valence-corrected chi connectivity index (χ0v) is 13.0. The summed E-state index contributed by atoms with van der Waals surface area (Å²) in [5.74, 6) is 0. The lowest BCUT2D eigenvalue weighted by Gasteiger charge is -2.33. The van der Waals surface area contributed by atoms with Crippen molar-refractivity contribution in [2.75, 3.05) is 44.3 Å². The fraction of sp³-hybridized carbons (Fsp3) is 0.769. The minimum atomic E-state index is -0.237. The molecule has 2 saturated heterocycles. The van der Waals surface area contributed by atoms with E-state index in [4.69, 9.17) is 9.47 Å². The van der Waals surface area contributed by atoms with Gasteiger partial charge in [0.1, 0.15) is 11.6 Å². The number of carbonyl (C=O) groups is 1. The van der Waals surface area contributed by atoms with Gasteiger partial charge in [-0.15, -0.1) is 10.2 Å². The van der Waals surface area contributed by atoms with Crippen LogP contribution in [0.3, 0.4) is 0 Å². The normalized spacial score (nSPS) is 22.6. The second-order valence-corrected chi connectivity index (χ2v) is 6.45. The van der Waals surface area contributed by atoms with Gasteiger partial charge in [0, 0.05) is 32.8 Å². The number of aromatic nitrogens is 2. The Bertz CT molecular complexity index is 482. The first-order valence-electron chi connectivity index (χ1n) is 7.31. The molecule has 7 nitrogen and oxygen atoms in total. The molecule has 1 aromatic heterocycles. The number of anilines is 1. The molecule has 2 aliphatic heterocycles. The molecule has 1 unspecified atom stereocenters. The maximum Gasteiger partial charge on any atom is 0.409 e. The molecule has 0 bridgehead atoms. The first kappa shape index (κ1) is 14.5. The number of hydrogen-bond acceptors (Lipinski definition) is 7. The van der Waals surface area contributed by atoms with Crippen LogP contribution < -0.4 is 4.90 Å². The lowest BCUT2D eigenvalue weighted by Crippen LogP contribution is -2.49. The number of hydrogen-bond donors (Lipinski definition) is 0. The van der Waals surface area contributed by atoms with E-state index in [0.717, 1.165) is 42.7 Å². The van der Waals surface area contributed by atoms with Gasteiger partial charge in [0.05, 0.1) is 6.10 Å². The van der Waals surface area contributed by atoms with E-state index in [1.165, 1.54) is 0 Å². The van der Waals surface area contributed by atoms with Crippen LogP contribution in [0.5, 0.6) is 0 Å². The summed E-state index contributed by atoms with van der Waals surface area (Å²) in [4.78, 5) is 15.9. The van der Waals surface area contributed by atoms with Crippen LogP contribution in [0.2, 0.25) is 0 Å². The summed E-state index contributed by atoms with van der Waals surface area (Å²) >= 11 is 1.58. The molecular formula is C13H20N4O3S. The van der Waals surface area contributed by atoms with Gasteiger partial charge in [0.25, 0.3) is 0 Å². The Labute approximate surface area is 127 Å². The molecule has 21 heavy (non-hydrogen) atoms. The van der Waals surface area contributed by atoms with Crippen LogP contribution in [0.1, 0.15) is 17.8 Å². The highest BCUT2D eigenvalue weighted by molar-refractivity contribution is 7.15. The predicted molar refractivity (Wildman–Crippen MR) is 78.8 cm³/mol. The van der Waals surface area contributed by atoms with E-state index in [1.54, 1.807) is 16.2 Å². The van der Waals surface area contributed by atoms with Gasteiger partial charge < -0.3 is 19.3 Å². The number of rotatable bonds is 3. The summed E-state index contributed by atoms with van der Waals surface area (Å²) in [6.07, 6.45) is 1.89. The van der Waals surface area contributed by atoms with Crippen molar-refractivity contribution in [2.24, 2.45) is 0 Å². The summed E-state index contributed by atoms with van der Waals surface area (Å²) < 4.78 is 10.8. The van der Waals surface area contributed by atoms with E-state index in [-0.39, 0.29) is 12.2 Å². The molecule has 3 heterocycles. The van der Waals surface area contributed by atoms with E-state index in [9.17, 15) is 4.79 Å². The molecule has 0 spiro atoms. The number of carbonyl (C=O) groups excluding carboxylic acids is 1. The van der Waals surface area contributed by atoms with Crippen molar-refractivity contribution in [3.63, 3.8) is 0 Å². The van der Waals surface area contributed by atoms with Crippen LogP contribution >= 0.6 is 11.3 Å². The molecule has 116 valence electrons. The second kappa shape index (κ2) is 6.57. The smallest absolute Gasteiger partial charge is 0.409 e. The van der Waals surface area contributed by atoms with Gasteiger partial charge >= 0.3 is 6.09 Å². The zero-order chi connectivity index (χ0) is 14.7. The van der Waals surface area contributed by atoms with Gasteiger partial charge in [-0.3, -0.25) is 0 Å². The molecule has 0 aromatic carbocycles. The third-order valence-corrected chi connectivity index (χ3v) is 4.64. The van der Waals surface area contributed by atoms with E-state index in [2.05, 4.69) is 15.1 Å². The quantitative estimate of drug-likeness (QED) is 0.837. The van der Waals surface area contributed by atoms with Gasteiger partial charge in [-0.1, -0.05) is 11.3 Å². The highest BCUT2D eigenvalue weighted by Crippen LogP contribution is 2.21. The molecule has 0 radical (unpaired) electrons. The summed E-state index contributed by atoms with van der Waals surface area (Å²) in [7, 11) is 0. The average Bonchev–Trinajstić information content (AvgIpc) is 3.16. The molecular weight excluding hydrogens is 292 g/mol. The maximum atomic E-state index is 12.0. The Morgan fingerprint density at radius 2 is 2.19 bits per heavy atom. The zero-order valence-electron chi connectivity index (χ0n) is 12.2.